The second-order valence-electron chi connectivity index (χ2n) is 7.80. The zero-order valence-corrected chi connectivity index (χ0v) is 18.0. The molecular formula is C23H27N5O3. The van der Waals surface area contributed by atoms with Gasteiger partial charge in [-0.25, -0.2) is 4.68 Å². The predicted molar refractivity (Wildman–Crippen MR) is 116 cm³/mol. The fourth-order valence-electron chi connectivity index (χ4n) is 4.15. The lowest BCUT2D eigenvalue weighted by atomic mass is 10.00. The number of piperazine rings is 1. The van der Waals surface area contributed by atoms with Gasteiger partial charge in [0.2, 0.25) is 11.8 Å². The van der Waals surface area contributed by atoms with Gasteiger partial charge in [-0.05, 0) is 45.0 Å². The molecular weight excluding hydrogens is 394 g/mol. The number of rotatable bonds is 6. The zero-order valence-electron chi connectivity index (χ0n) is 18.0. The Morgan fingerprint density at radius 1 is 1.26 bits per heavy atom. The van der Waals surface area contributed by atoms with Crippen LogP contribution in [0, 0.1) is 13.8 Å². The Hall–Kier alpha value is -3.39. The third-order valence-electron chi connectivity index (χ3n) is 5.63. The summed E-state index contributed by atoms with van der Waals surface area (Å²) >= 11 is 0. The smallest absolute Gasteiger partial charge is 0.242 e. The Morgan fingerprint density at radius 2 is 2.03 bits per heavy atom. The molecule has 1 fully saturated rings. The van der Waals surface area contributed by atoms with Crippen molar-refractivity contribution in [3.8, 4) is 5.69 Å². The molecule has 1 saturated heterocycles. The molecule has 2 N–H and O–H groups in total. The summed E-state index contributed by atoms with van der Waals surface area (Å²) in [6.07, 6.45) is 1.58. The second kappa shape index (κ2) is 8.77. The number of hydrogen-bond donors (Lipinski definition) is 2. The van der Waals surface area contributed by atoms with Crippen LogP contribution >= 0.6 is 0 Å². The minimum Gasteiger partial charge on any atom is -0.467 e. The fraction of sp³-hybridized carbons (Fsp3) is 0.348. The largest absolute Gasteiger partial charge is 0.467 e. The summed E-state index contributed by atoms with van der Waals surface area (Å²) in [5.41, 5.74) is 3.44. The van der Waals surface area contributed by atoms with Crippen LogP contribution in [0.25, 0.3) is 5.69 Å². The first-order valence-corrected chi connectivity index (χ1v) is 10.4. The van der Waals surface area contributed by atoms with Crippen LogP contribution in [0.1, 0.15) is 41.7 Å². The average molecular weight is 422 g/mol. The van der Waals surface area contributed by atoms with Crippen LogP contribution in [0.3, 0.4) is 0 Å². The van der Waals surface area contributed by atoms with Crippen molar-refractivity contribution in [3.63, 3.8) is 0 Å². The predicted octanol–water partition coefficient (Wildman–Crippen LogP) is 2.43. The number of amides is 2. The van der Waals surface area contributed by atoms with E-state index in [1.807, 2.05) is 66.8 Å². The van der Waals surface area contributed by atoms with Gasteiger partial charge < -0.3 is 15.1 Å². The molecule has 1 aliphatic heterocycles. The summed E-state index contributed by atoms with van der Waals surface area (Å²) in [4.78, 5) is 27.6. The molecule has 0 radical (unpaired) electrons. The van der Waals surface area contributed by atoms with Gasteiger partial charge in [0.25, 0.3) is 0 Å². The van der Waals surface area contributed by atoms with E-state index in [0.717, 1.165) is 22.6 Å². The van der Waals surface area contributed by atoms with Gasteiger partial charge in [0.1, 0.15) is 11.8 Å². The van der Waals surface area contributed by atoms with E-state index in [0.29, 0.717) is 18.8 Å². The maximum Gasteiger partial charge on any atom is 0.242 e. The number of benzene rings is 1. The molecule has 0 aliphatic carbocycles. The van der Waals surface area contributed by atoms with Crippen LogP contribution in [0.2, 0.25) is 0 Å². The molecule has 0 unspecified atom stereocenters. The van der Waals surface area contributed by atoms with E-state index in [2.05, 4.69) is 15.7 Å². The normalized spacial score (nSPS) is 17.9. The molecule has 1 aromatic carbocycles. The summed E-state index contributed by atoms with van der Waals surface area (Å²) in [5, 5.41) is 10.6. The Balaban J connectivity index is 1.58. The highest BCUT2D eigenvalue weighted by atomic mass is 16.3. The van der Waals surface area contributed by atoms with Gasteiger partial charge in [0, 0.05) is 24.3 Å². The van der Waals surface area contributed by atoms with E-state index in [9.17, 15) is 9.59 Å². The maximum absolute atomic E-state index is 12.9. The fourth-order valence-corrected chi connectivity index (χ4v) is 4.15. The highest BCUT2D eigenvalue weighted by Crippen LogP contribution is 2.30. The molecule has 8 heteroatoms. The maximum atomic E-state index is 12.9. The Kier molecular flexibility index (Phi) is 5.90. The van der Waals surface area contributed by atoms with Gasteiger partial charge in [-0.15, -0.1) is 0 Å². The van der Waals surface area contributed by atoms with E-state index in [1.54, 1.807) is 12.3 Å². The van der Waals surface area contributed by atoms with Crippen LogP contribution in [0.4, 0.5) is 0 Å². The van der Waals surface area contributed by atoms with Crippen LogP contribution in [0.5, 0.6) is 0 Å². The Bertz CT molecular complexity index is 1060. The van der Waals surface area contributed by atoms with Crippen molar-refractivity contribution in [1.82, 2.24) is 25.3 Å². The molecule has 2 atom stereocenters. The van der Waals surface area contributed by atoms with Crippen molar-refractivity contribution in [3.05, 3.63) is 71.4 Å². The van der Waals surface area contributed by atoms with Crippen LogP contribution in [-0.2, 0) is 9.59 Å². The Morgan fingerprint density at radius 3 is 2.74 bits per heavy atom. The molecule has 3 heterocycles. The minimum atomic E-state index is -0.573. The third-order valence-corrected chi connectivity index (χ3v) is 5.63. The molecule has 3 aromatic rings. The number of nitrogens with one attached hydrogen (secondary N) is 2. The first kappa shape index (κ1) is 20.9. The number of carbonyl (C=O) groups excluding carboxylic acids is 2. The quantitative estimate of drug-likeness (QED) is 0.638. The SMILES string of the molecule is Cc1nn(-c2ccccc2)c(C)c1[C@H]1C(=O)NCCN1CC(=O)N[C@H](C)c1ccco1. The van der Waals surface area contributed by atoms with E-state index in [4.69, 9.17) is 4.42 Å². The third kappa shape index (κ3) is 4.25. The van der Waals surface area contributed by atoms with Gasteiger partial charge in [0.05, 0.1) is 30.2 Å². The number of aromatic nitrogens is 2. The summed E-state index contributed by atoms with van der Waals surface area (Å²) < 4.78 is 7.22. The van der Waals surface area contributed by atoms with Gasteiger partial charge in [0.15, 0.2) is 0 Å². The van der Waals surface area contributed by atoms with E-state index >= 15 is 0 Å². The van der Waals surface area contributed by atoms with E-state index in [-0.39, 0.29) is 24.4 Å². The zero-order chi connectivity index (χ0) is 22.0. The van der Waals surface area contributed by atoms with Crippen molar-refractivity contribution >= 4 is 11.8 Å². The molecule has 31 heavy (non-hydrogen) atoms. The first-order valence-electron chi connectivity index (χ1n) is 10.4. The van der Waals surface area contributed by atoms with Gasteiger partial charge in [-0.3, -0.25) is 14.5 Å². The van der Waals surface area contributed by atoms with Crippen molar-refractivity contribution in [2.24, 2.45) is 0 Å². The van der Waals surface area contributed by atoms with Gasteiger partial charge in [-0.1, -0.05) is 18.2 Å². The highest BCUT2D eigenvalue weighted by Gasteiger charge is 2.36. The lowest BCUT2D eigenvalue weighted by molar-refractivity contribution is -0.132. The molecule has 2 amide bonds. The number of carbonyl (C=O) groups is 2. The number of aryl methyl sites for hydroxylation is 1. The van der Waals surface area contributed by atoms with Crippen molar-refractivity contribution in [1.29, 1.82) is 0 Å². The lowest BCUT2D eigenvalue weighted by Gasteiger charge is -2.35. The summed E-state index contributed by atoms with van der Waals surface area (Å²) in [7, 11) is 0. The molecule has 8 nitrogen and oxygen atoms in total. The topological polar surface area (TPSA) is 92.4 Å². The Labute approximate surface area is 181 Å². The molecule has 4 rings (SSSR count). The van der Waals surface area contributed by atoms with Crippen LogP contribution in [-0.4, -0.2) is 46.1 Å². The number of hydrogen-bond acceptors (Lipinski definition) is 5. The molecule has 162 valence electrons. The lowest BCUT2D eigenvalue weighted by Crippen LogP contribution is -2.53. The van der Waals surface area contributed by atoms with Crippen LogP contribution in [0.15, 0.2) is 53.1 Å². The molecule has 0 spiro atoms. The van der Waals surface area contributed by atoms with E-state index in [1.165, 1.54) is 0 Å². The second-order valence-corrected chi connectivity index (χ2v) is 7.80. The summed E-state index contributed by atoms with van der Waals surface area (Å²) in [5.74, 6) is 0.420. The van der Waals surface area contributed by atoms with Gasteiger partial charge >= 0.3 is 0 Å². The highest BCUT2D eigenvalue weighted by molar-refractivity contribution is 5.86. The first-order chi connectivity index (χ1) is 15.0. The summed E-state index contributed by atoms with van der Waals surface area (Å²) in [6, 6.07) is 12.6. The van der Waals surface area contributed by atoms with E-state index < -0.39 is 6.04 Å². The number of furan rings is 1. The molecule has 0 bridgehead atoms. The monoisotopic (exact) mass is 421 g/mol. The minimum absolute atomic E-state index is 0.110. The van der Waals surface area contributed by atoms with Crippen LogP contribution < -0.4 is 10.6 Å². The average Bonchev–Trinajstić information content (AvgIpc) is 3.38. The van der Waals surface area contributed by atoms with Crippen molar-refractivity contribution in [2.75, 3.05) is 19.6 Å². The molecule has 0 saturated carbocycles. The number of para-hydroxylation sites is 1. The van der Waals surface area contributed by atoms with Crippen molar-refractivity contribution < 1.29 is 14.0 Å². The summed E-state index contributed by atoms with van der Waals surface area (Å²) in [6.45, 7) is 6.92. The van der Waals surface area contributed by atoms with Crippen molar-refractivity contribution in [2.45, 2.75) is 32.9 Å². The molecule has 1 aliphatic rings. The van der Waals surface area contributed by atoms with Gasteiger partial charge in [-0.2, -0.15) is 5.10 Å². The standard InChI is InChI=1S/C23H27N5O3/c1-15(19-10-7-13-31-19)25-20(29)14-27-12-11-24-23(30)22(27)21-16(2)26-28(17(21)3)18-8-5-4-6-9-18/h4-10,13,15,22H,11-12,14H2,1-3H3,(H,24,30)(H,25,29)/t15-,22+/m1/s1. The molecule has 2 aromatic heterocycles. The number of nitrogens with zero attached hydrogens (tertiary/aromatic N) is 3.